The van der Waals surface area contributed by atoms with Crippen LogP contribution in [0.5, 0.6) is 0 Å². The Morgan fingerprint density at radius 3 is 2.81 bits per heavy atom. The van der Waals surface area contributed by atoms with E-state index in [1.807, 2.05) is 6.08 Å². The molecule has 0 bridgehead atoms. The third-order valence-corrected chi connectivity index (χ3v) is 2.73. The molecule has 16 heavy (non-hydrogen) atoms. The van der Waals surface area contributed by atoms with Crippen LogP contribution in [0.15, 0.2) is 29.8 Å². The van der Waals surface area contributed by atoms with Crippen LogP contribution in [0, 0.1) is 5.41 Å². The third kappa shape index (κ3) is 2.06. The van der Waals surface area contributed by atoms with Crippen molar-refractivity contribution in [2.45, 2.75) is 6.42 Å². The van der Waals surface area contributed by atoms with Crippen LogP contribution in [0.2, 0.25) is 0 Å². The lowest BCUT2D eigenvalue weighted by Gasteiger charge is -2.16. The topological polar surface area (TPSA) is 87.9 Å². The first-order chi connectivity index (χ1) is 7.68. The van der Waals surface area contributed by atoms with Crippen molar-refractivity contribution in [3.63, 3.8) is 0 Å². The van der Waals surface area contributed by atoms with Crippen LogP contribution in [0.3, 0.4) is 0 Å². The number of nitrogens with two attached hydrogens (primary N) is 2. The maximum atomic E-state index is 8.13. The van der Waals surface area contributed by atoms with Gasteiger partial charge >= 0.3 is 0 Å². The van der Waals surface area contributed by atoms with E-state index in [4.69, 9.17) is 16.9 Å². The Balaban J connectivity index is 2.33. The molecule has 0 atom stereocenters. The van der Waals surface area contributed by atoms with E-state index in [1.165, 1.54) is 0 Å². The van der Waals surface area contributed by atoms with Crippen molar-refractivity contribution in [3.05, 3.63) is 35.4 Å². The second kappa shape index (κ2) is 4.37. The minimum atomic E-state index is 0.492. The fourth-order valence-electron chi connectivity index (χ4n) is 1.81. The zero-order valence-electron chi connectivity index (χ0n) is 9.09. The van der Waals surface area contributed by atoms with E-state index in [0.29, 0.717) is 17.1 Å². The predicted octanol–water partition coefficient (Wildman–Crippen LogP) is 1.14. The molecule has 4 heteroatoms. The average Bonchev–Trinajstić information content (AvgIpc) is 2.32. The first-order valence-electron chi connectivity index (χ1n) is 5.32. The Kier molecular flexibility index (Phi) is 2.92. The lowest BCUT2D eigenvalue weighted by Crippen LogP contribution is -2.23. The Morgan fingerprint density at radius 1 is 1.31 bits per heavy atom. The SMILES string of the molecule is N=C(C1=CCNCC1)c1cc(N)ccc1N. The quantitative estimate of drug-likeness (QED) is 0.441. The molecule has 0 saturated carbocycles. The van der Waals surface area contributed by atoms with Gasteiger partial charge in [0.25, 0.3) is 0 Å². The van der Waals surface area contributed by atoms with Crippen molar-refractivity contribution in [2.24, 2.45) is 0 Å². The maximum absolute atomic E-state index is 8.13. The van der Waals surface area contributed by atoms with Crippen LogP contribution in [-0.2, 0) is 0 Å². The van der Waals surface area contributed by atoms with Gasteiger partial charge in [0.15, 0.2) is 0 Å². The summed E-state index contributed by atoms with van der Waals surface area (Å²) in [6.45, 7) is 1.73. The van der Waals surface area contributed by atoms with Crippen molar-refractivity contribution < 1.29 is 0 Å². The normalized spacial score (nSPS) is 15.6. The fourth-order valence-corrected chi connectivity index (χ4v) is 1.81. The van der Waals surface area contributed by atoms with Gasteiger partial charge in [0.05, 0.1) is 5.71 Å². The number of nitrogen functional groups attached to an aromatic ring is 2. The Hall–Kier alpha value is -1.81. The van der Waals surface area contributed by atoms with Gasteiger partial charge in [0, 0.05) is 23.5 Å². The Bertz CT molecular complexity index is 448. The molecule has 1 aromatic carbocycles. The van der Waals surface area contributed by atoms with Crippen LogP contribution in [0.1, 0.15) is 12.0 Å². The largest absolute Gasteiger partial charge is 0.399 e. The summed E-state index contributed by atoms with van der Waals surface area (Å²) in [5, 5.41) is 11.3. The molecule has 0 amide bonds. The van der Waals surface area contributed by atoms with E-state index >= 15 is 0 Å². The van der Waals surface area contributed by atoms with Crippen molar-refractivity contribution in [1.29, 1.82) is 5.41 Å². The molecular formula is C12H16N4. The third-order valence-electron chi connectivity index (χ3n) is 2.73. The van der Waals surface area contributed by atoms with Crippen LogP contribution in [0.25, 0.3) is 0 Å². The molecule has 4 nitrogen and oxygen atoms in total. The van der Waals surface area contributed by atoms with Crippen LogP contribution in [-0.4, -0.2) is 18.8 Å². The lowest BCUT2D eigenvalue weighted by atomic mass is 9.96. The van der Waals surface area contributed by atoms with Crippen molar-refractivity contribution in [1.82, 2.24) is 5.32 Å². The molecule has 0 unspecified atom stereocenters. The molecule has 84 valence electrons. The summed E-state index contributed by atoms with van der Waals surface area (Å²) in [4.78, 5) is 0. The van der Waals surface area contributed by atoms with Gasteiger partial charge in [-0.2, -0.15) is 0 Å². The van der Waals surface area contributed by atoms with Gasteiger partial charge in [0.1, 0.15) is 0 Å². The predicted molar refractivity (Wildman–Crippen MR) is 67.7 cm³/mol. The number of rotatable bonds is 2. The fraction of sp³-hybridized carbons (Fsp3) is 0.250. The maximum Gasteiger partial charge on any atom is 0.0663 e. The molecule has 0 fully saturated rings. The van der Waals surface area contributed by atoms with Crippen LogP contribution in [0.4, 0.5) is 11.4 Å². The number of hydrogen-bond acceptors (Lipinski definition) is 4. The van der Waals surface area contributed by atoms with Gasteiger partial charge in [-0.25, -0.2) is 0 Å². The smallest absolute Gasteiger partial charge is 0.0663 e. The second-order valence-corrected chi connectivity index (χ2v) is 3.91. The lowest BCUT2D eigenvalue weighted by molar-refractivity contribution is 0.717. The van der Waals surface area contributed by atoms with Gasteiger partial charge in [0.2, 0.25) is 0 Å². The summed E-state index contributed by atoms with van der Waals surface area (Å²) in [7, 11) is 0. The summed E-state index contributed by atoms with van der Waals surface area (Å²) in [6, 6.07) is 5.27. The number of hydrogen-bond donors (Lipinski definition) is 4. The molecular weight excluding hydrogens is 200 g/mol. The Labute approximate surface area is 94.8 Å². The monoisotopic (exact) mass is 216 g/mol. The van der Waals surface area contributed by atoms with E-state index in [1.54, 1.807) is 18.2 Å². The first kappa shape index (κ1) is 10.7. The molecule has 1 heterocycles. The van der Waals surface area contributed by atoms with E-state index in [2.05, 4.69) is 5.32 Å². The van der Waals surface area contributed by atoms with Gasteiger partial charge in [-0.3, -0.25) is 5.41 Å². The van der Waals surface area contributed by atoms with E-state index < -0.39 is 0 Å². The molecule has 6 N–H and O–H groups in total. The summed E-state index contributed by atoms with van der Waals surface area (Å²) in [5.74, 6) is 0. The van der Waals surface area contributed by atoms with E-state index in [-0.39, 0.29) is 0 Å². The number of nitrogens with one attached hydrogen (secondary N) is 2. The molecule has 0 spiro atoms. The summed E-state index contributed by atoms with van der Waals surface area (Å²) < 4.78 is 0. The van der Waals surface area contributed by atoms with Crippen molar-refractivity contribution >= 4 is 17.1 Å². The van der Waals surface area contributed by atoms with E-state index in [9.17, 15) is 0 Å². The highest BCUT2D eigenvalue weighted by Crippen LogP contribution is 2.21. The molecule has 0 radical (unpaired) electrons. The summed E-state index contributed by atoms with van der Waals surface area (Å²) in [5.41, 5.74) is 15.1. The highest BCUT2D eigenvalue weighted by molar-refractivity contribution is 6.14. The zero-order chi connectivity index (χ0) is 11.5. The van der Waals surface area contributed by atoms with Gasteiger partial charge < -0.3 is 16.8 Å². The van der Waals surface area contributed by atoms with Crippen LogP contribution < -0.4 is 16.8 Å². The van der Waals surface area contributed by atoms with Gasteiger partial charge in [-0.1, -0.05) is 6.08 Å². The summed E-state index contributed by atoms with van der Waals surface area (Å²) >= 11 is 0. The molecule has 0 saturated heterocycles. The minimum Gasteiger partial charge on any atom is -0.399 e. The highest BCUT2D eigenvalue weighted by atomic mass is 14.9. The molecule has 2 rings (SSSR count). The molecule has 1 aromatic rings. The van der Waals surface area contributed by atoms with Gasteiger partial charge in [-0.05, 0) is 36.7 Å². The second-order valence-electron chi connectivity index (χ2n) is 3.91. The van der Waals surface area contributed by atoms with Crippen molar-refractivity contribution in [2.75, 3.05) is 24.6 Å². The average molecular weight is 216 g/mol. The number of anilines is 2. The standard InChI is InChI=1S/C12H16N4/c13-9-1-2-11(14)10(7-9)12(15)8-3-5-16-6-4-8/h1-3,7,15-16H,4-6,13-14H2. The molecule has 1 aliphatic heterocycles. The molecule has 0 aromatic heterocycles. The van der Waals surface area contributed by atoms with Gasteiger partial charge in [-0.15, -0.1) is 0 Å². The molecule has 1 aliphatic rings. The zero-order valence-corrected chi connectivity index (χ0v) is 9.09. The Morgan fingerprint density at radius 2 is 2.12 bits per heavy atom. The first-order valence-corrected chi connectivity index (χ1v) is 5.32. The van der Waals surface area contributed by atoms with Crippen molar-refractivity contribution in [3.8, 4) is 0 Å². The number of benzene rings is 1. The highest BCUT2D eigenvalue weighted by Gasteiger charge is 2.13. The summed E-state index contributed by atoms with van der Waals surface area (Å²) in [6.07, 6.45) is 2.90. The van der Waals surface area contributed by atoms with E-state index in [0.717, 1.165) is 30.6 Å². The van der Waals surface area contributed by atoms with Crippen LogP contribution >= 0.6 is 0 Å². The minimum absolute atomic E-state index is 0.492. The molecule has 0 aliphatic carbocycles.